The van der Waals surface area contributed by atoms with E-state index in [1.54, 1.807) is 13.0 Å². The van der Waals surface area contributed by atoms with Crippen LogP contribution in [0.1, 0.15) is 15.9 Å². The molecule has 2 aromatic rings. The number of pyridine rings is 1. The highest BCUT2D eigenvalue weighted by Crippen LogP contribution is 2.23. The van der Waals surface area contributed by atoms with Gasteiger partial charge in [0.1, 0.15) is 0 Å². The fourth-order valence-electron chi connectivity index (χ4n) is 1.65. The molecule has 0 saturated heterocycles. The summed E-state index contributed by atoms with van der Waals surface area (Å²) in [4.78, 5) is 14.9. The van der Waals surface area contributed by atoms with E-state index in [0.717, 1.165) is 16.2 Å². The summed E-state index contributed by atoms with van der Waals surface area (Å²) in [6.45, 7) is 1.76. The monoisotopic (exact) mass is 370 g/mol. The summed E-state index contributed by atoms with van der Waals surface area (Å²) in [6, 6.07) is 5.76. The number of carboxylic acid groups (broad SMARTS) is 1. The first kappa shape index (κ1) is 15.5. The molecule has 2 rings (SSSR count). The summed E-state index contributed by atoms with van der Waals surface area (Å²) in [5, 5.41) is 9.04. The third-order valence-electron chi connectivity index (χ3n) is 2.74. The molecular weight excluding hydrogens is 360 g/mol. The number of aromatic nitrogens is 1. The maximum absolute atomic E-state index is 12.3. The van der Waals surface area contributed by atoms with E-state index in [9.17, 15) is 13.2 Å². The van der Waals surface area contributed by atoms with Gasteiger partial charge in [-0.3, -0.25) is 9.71 Å². The SMILES string of the molecule is Cc1cc(S(=O)(=O)Nc2cnccc2C(=O)O)ccc1Br. The van der Waals surface area contributed by atoms with Gasteiger partial charge in [0, 0.05) is 10.7 Å². The fourth-order valence-corrected chi connectivity index (χ4v) is 3.05. The Labute approximate surface area is 130 Å². The molecule has 0 spiro atoms. The number of nitrogens with one attached hydrogen (secondary N) is 1. The van der Waals surface area contributed by atoms with Crippen molar-refractivity contribution in [2.24, 2.45) is 0 Å². The first-order chi connectivity index (χ1) is 9.81. The molecule has 1 heterocycles. The molecule has 6 nitrogen and oxygen atoms in total. The van der Waals surface area contributed by atoms with Crippen molar-refractivity contribution in [2.45, 2.75) is 11.8 Å². The van der Waals surface area contributed by atoms with Crippen LogP contribution in [-0.2, 0) is 10.0 Å². The second kappa shape index (κ2) is 5.82. The summed E-state index contributed by atoms with van der Waals surface area (Å²) in [5.74, 6) is -1.23. The minimum atomic E-state index is -3.88. The van der Waals surface area contributed by atoms with Crippen molar-refractivity contribution in [3.63, 3.8) is 0 Å². The number of rotatable bonds is 4. The second-order valence-electron chi connectivity index (χ2n) is 4.24. The van der Waals surface area contributed by atoms with E-state index in [1.165, 1.54) is 24.4 Å². The minimum absolute atomic E-state index is 0.0448. The summed E-state index contributed by atoms with van der Waals surface area (Å²) in [5.41, 5.74) is 0.510. The Morgan fingerprint density at radius 3 is 2.67 bits per heavy atom. The van der Waals surface area contributed by atoms with Crippen LogP contribution in [0, 0.1) is 6.92 Å². The fraction of sp³-hybridized carbons (Fsp3) is 0.0769. The normalized spacial score (nSPS) is 11.1. The van der Waals surface area contributed by atoms with Gasteiger partial charge in [0.2, 0.25) is 0 Å². The summed E-state index contributed by atoms with van der Waals surface area (Å²) in [7, 11) is -3.88. The van der Waals surface area contributed by atoms with Crippen molar-refractivity contribution in [1.29, 1.82) is 0 Å². The Morgan fingerprint density at radius 2 is 2.05 bits per heavy atom. The van der Waals surface area contributed by atoms with Crippen LogP contribution in [-0.4, -0.2) is 24.5 Å². The van der Waals surface area contributed by atoms with E-state index in [1.807, 2.05) is 0 Å². The molecule has 1 aromatic heterocycles. The summed E-state index contributed by atoms with van der Waals surface area (Å²) >= 11 is 3.29. The Hall–Kier alpha value is -1.93. The Balaban J connectivity index is 2.42. The molecule has 0 fully saturated rings. The Bertz CT molecular complexity index is 806. The number of hydrogen-bond acceptors (Lipinski definition) is 4. The molecule has 2 N–H and O–H groups in total. The largest absolute Gasteiger partial charge is 0.478 e. The van der Waals surface area contributed by atoms with Crippen molar-refractivity contribution in [3.8, 4) is 0 Å². The molecule has 0 radical (unpaired) electrons. The highest BCUT2D eigenvalue weighted by atomic mass is 79.9. The number of anilines is 1. The van der Waals surface area contributed by atoms with Gasteiger partial charge in [0.25, 0.3) is 10.0 Å². The van der Waals surface area contributed by atoms with Crippen molar-refractivity contribution in [3.05, 3.63) is 52.3 Å². The third-order valence-corrected chi connectivity index (χ3v) is 4.99. The van der Waals surface area contributed by atoms with Crippen LogP contribution in [0.3, 0.4) is 0 Å². The average Bonchev–Trinajstić information content (AvgIpc) is 2.41. The predicted octanol–water partition coefficient (Wildman–Crippen LogP) is 2.65. The lowest BCUT2D eigenvalue weighted by molar-refractivity contribution is 0.0698. The van der Waals surface area contributed by atoms with Crippen LogP contribution >= 0.6 is 15.9 Å². The number of halogens is 1. The van der Waals surface area contributed by atoms with E-state index < -0.39 is 16.0 Å². The van der Waals surface area contributed by atoms with Crippen molar-refractivity contribution in [1.82, 2.24) is 4.98 Å². The van der Waals surface area contributed by atoms with Crippen molar-refractivity contribution in [2.75, 3.05) is 4.72 Å². The maximum Gasteiger partial charge on any atom is 0.337 e. The molecule has 0 atom stereocenters. The van der Waals surface area contributed by atoms with E-state index in [-0.39, 0.29) is 16.1 Å². The van der Waals surface area contributed by atoms with Gasteiger partial charge >= 0.3 is 5.97 Å². The van der Waals surface area contributed by atoms with E-state index >= 15 is 0 Å². The number of nitrogens with zero attached hydrogens (tertiary/aromatic N) is 1. The number of benzene rings is 1. The van der Waals surface area contributed by atoms with Gasteiger partial charge in [-0.15, -0.1) is 0 Å². The lowest BCUT2D eigenvalue weighted by atomic mass is 10.2. The Morgan fingerprint density at radius 1 is 1.33 bits per heavy atom. The van der Waals surface area contributed by atoms with E-state index in [0.29, 0.717) is 0 Å². The van der Waals surface area contributed by atoms with Crippen LogP contribution in [0.5, 0.6) is 0 Å². The number of aromatic carboxylic acids is 1. The van der Waals surface area contributed by atoms with E-state index in [2.05, 4.69) is 25.6 Å². The topological polar surface area (TPSA) is 96.4 Å². The van der Waals surface area contributed by atoms with Crippen molar-refractivity contribution < 1.29 is 18.3 Å². The number of carbonyl (C=O) groups is 1. The van der Waals surface area contributed by atoms with E-state index in [4.69, 9.17) is 5.11 Å². The number of aryl methyl sites for hydroxylation is 1. The molecule has 0 bridgehead atoms. The predicted molar refractivity (Wildman–Crippen MR) is 80.9 cm³/mol. The standard InChI is InChI=1S/C13H11BrN2O4S/c1-8-6-9(2-3-11(8)14)21(19,20)16-12-7-15-5-4-10(12)13(17)18/h2-7,16H,1H3,(H,17,18). The van der Waals surface area contributed by atoms with Crippen LogP contribution in [0.25, 0.3) is 0 Å². The van der Waals surface area contributed by atoms with Gasteiger partial charge in [-0.05, 0) is 36.8 Å². The van der Waals surface area contributed by atoms with Crippen LogP contribution in [0.15, 0.2) is 46.0 Å². The number of hydrogen-bond donors (Lipinski definition) is 2. The zero-order valence-corrected chi connectivity index (χ0v) is 13.3. The number of carboxylic acids is 1. The first-order valence-corrected chi connectivity index (χ1v) is 8.05. The molecule has 0 aliphatic rings. The van der Waals surface area contributed by atoms with Crippen LogP contribution in [0.2, 0.25) is 0 Å². The van der Waals surface area contributed by atoms with Crippen LogP contribution in [0.4, 0.5) is 5.69 Å². The molecule has 0 amide bonds. The molecule has 0 aliphatic heterocycles. The minimum Gasteiger partial charge on any atom is -0.478 e. The molecule has 0 saturated carbocycles. The quantitative estimate of drug-likeness (QED) is 0.862. The molecule has 0 aliphatic carbocycles. The average molecular weight is 371 g/mol. The highest BCUT2D eigenvalue weighted by molar-refractivity contribution is 9.10. The molecule has 21 heavy (non-hydrogen) atoms. The molecule has 110 valence electrons. The van der Waals surface area contributed by atoms with Gasteiger partial charge in [-0.1, -0.05) is 15.9 Å². The zero-order chi connectivity index (χ0) is 15.6. The lowest BCUT2D eigenvalue weighted by Crippen LogP contribution is -2.16. The van der Waals surface area contributed by atoms with Gasteiger partial charge in [0.05, 0.1) is 22.3 Å². The molecule has 1 aromatic carbocycles. The van der Waals surface area contributed by atoms with Gasteiger partial charge in [-0.25, -0.2) is 13.2 Å². The van der Waals surface area contributed by atoms with Gasteiger partial charge in [-0.2, -0.15) is 0 Å². The molecule has 8 heteroatoms. The Kier molecular flexibility index (Phi) is 4.29. The third kappa shape index (κ3) is 3.40. The maximum atomic E-state index is 12.3. The summed E-state index contributed by atoms with van der Waals surface area (Å²) < 4.78 is 27.6. The second-order valence-corrected chi connectivity index (χ2v) is 6.78. The summed E-state index contributed by atoms with van der Waals surface area (Å²) in [6.07, 6.45) is 2.44. The van der Waals surface area contributed by atoms with Crippen LogP contribution < -0.4 is 4.72 Å². The lowest BCUT2D eigenvalue weighted by Gasteiger charge is -2.10. The smallest absolute Gasteiger partial charge is 0.337 e. The highest BCUT2D eigenvalue weighted by Gasteiger charge is 2.19. The number of sulfonamides is 1. The molecule has 0 unspecified atom stereocenters. The first-order valence-electron chi connectivity index (χ1n) is 5.77. The van der Waals surface area contributed by atoms with Gasteiger partial charge in [0.15, 0.2) is 0 Å². The zero-order valence-electron chi connectivity index (χ0n) is 10.9. The van der Waals surface area contributed by atoms with Crippen molar-refractivity contribution >= 4 is 37.6 Å². The molecular formula is C13H11BrN2O4S. The van der Waals surface area contributed by atoms with Gasteiger partial charge < -0.3 is 5.11 Å².